The topological polar surface area (TPSA) is 0 Å². The Morgan fingerprint density at radius 3 is 2.76 bits per heavy atom. The van der Waals surface area contributed by atoms with Gasteiger partial charge in [0.15, 0.2) is 0 Å². The molecule has 0 fully saturated rings. The molecule has 0 heterocycles. The molecule has 0 saturated carbocycles. The van der Waals surface area contributed by atoms with Crippen LogP contribution in [0.4, 0.5) is 0 Å². The highest BCUT2D eigenvalue weighted by Gasteiger charge is 2.38. The van der Waals surface area contributed by atoms with Gasteiger partial charge in [0.25, 0.3) is 0 Å². The Balaban J connectivity index is 2.54. The fourth-order valence-corrected chi connectivity index (χ4v) is 4.15. The second-order valence-electron chi connectivity index (χ2n) is 5.68. The molecule has 1 atom stereocenters. The molecule has 1 aliphatic rings. The normalized spacial score (nSPS) is 23.8. The summed E-state index contributed by atoms with van der Waals surface area (Å²) in [5.41, 5.74) is 3.61. The van der Waals surface area contributed by atoms with Crippen molar-refractivity contribution >= 4 is 15.9 Å². The molecular formula is C16H23Br. The molecule has 0 amide bonds. The van der Waals surface area contributed by atoms with Crippen molar-refractivity contribution in [1.82, 2.24) is 0 Å². The molecule has 94 valence electrons. The molecule has 1 heteroatoms. The molecule has 0 aromatic heterocycles. The van der Waals surface area contributed by atoms with E-state index in [-0.39, 0.29) is 0 Å². The Bertz CT molecular complexity index is 395. The number of fused-ring (bicyclic) bond motifs is 1. The predicted octanol–water partition coefficient (Wildman–Crippen LogP) is 5.48. The first-order valence-electron chi connectivity index (χ1n) is 6.89. The smallest absolute Gasteiger partial charge is 0.0210 e. The molecule has 2 rings (SSSR count). The number of rotatable bonds is 3. The third-order valence-corrected chi connectivity index (χ3v) is 5.25. The van der Waals surface area contributed by atoms with Crippen LogP contribution in [0.2, 0.25) is 0 Å². The zero-order chi connectivity index (χ0) is 12.5. The number of benzene rings is 1. The average molecular weight is 295 g/mol. The summed E-state index contributed by atoms with van der Waals surface area (Å²) in [4.78, 5) is 0. The molecule has 0 N–H and O–H groups in total. The van der Waals surface area contributed by atoms with E-state index < -0.39 is 0 Å². The Labute approximate surface area is 114 Å². The van der Waals surface area contributed by atoms with Crippen LogP contribution in [-0.2, 0) is 11.8 Å². The summed E-state index contributed by atoms with van der Waals surface area (Å²) < 4.78 is 1.32. The summed E-state index contributed by atoms with van der Waals surface area (Å²) in [6.45, 7) is 7.10. The molecule has 1 aliphatic carbocycles. The second-order valence-corrected chi connectivity index (χ2v) is 6.53. The van der Waals surface area contributed by atoms with Crippen LogP contribution in [-0.4, -0.2) is 0 Å². The molecule has 1 unspecified atom stereocenters. The standard InChI is InChI=1S/C16H23Br/c1-4-10-16(12(2)3)11-6-7-13-14(16)8-5-9-15(13)17/h5,8-9,12H,4,6-7,10-11H2,1-3H3. The first-order chi connectivity index (χ1) is 8.12. The molecule has 0 bridgehead atoms. The van der Waals surface area contributed by atoms with Crippen LogP contribution in [0, 0.1) is 5.92 Å². The molecule has 0 radical (unpaired) electrons. The summed E-state index contributed by atoms with van der Waals surface area (Å²) in [6.07, 6.45) is 6.56. The van der Waals surface area contributed by atoms with Gasteiger partial charge in [-0.3, -0.25) is 0 Å². The highest BCUT2D eigenvalue weighted by molar-refractivity contribution is 9.10. The second kappa shape index (κ2) is 5.14. The van der Waals surface area contributed by atoms with Crippen LogP contribution in [0.5, 0.6) is 0 Å². The van der Waals surface area contributed by atoms with Crippen LogP contribution in [0.3, 0.4) is 0 Å². The van der Waals surface area contributed by atoms with Gasteiger partial charge in [-0.1, -0.05) is 55.3 Å². The van der Waals surface area contributed by atoms with Crippen LogP contribution in [0.15, 0.2) is 22.7 Å². The van der Waals surface area contributed by atoms with Crippen molar-refractivity contribution < 1.29 is 0 Å². The minimum absolute atomic E-state index is 0.423. The van der Waals surface area contributed by atoms with E-state index in [1.807, 2.05) is 0 Å². The van der Waals surface area contributed by atoms with Gasteiger partial charge in [-0.05, 0) is 54.2 Å². The third-order valence-electron chi connectivity index (χ3n) is 4.51. The highest BCUT2D eigenvalue weighted by Crippen LogP contribution is 2.47. The number of halogens is 1. The highest BCUT2D eigenvalue weighted by atomic mass is 79.9. The fraction of sp³-hybridized carbons (Fsp3) is 0.625. The van der Waals surface area contributed by atoms with Crippen molar-refractivity contribution in [2.45, 2.75) is 58.3 Å². The van der Waals surface area contributed by atoms with E-state index >= 15 is 0 Å². The van der Waals surface area contributed by atoms with E-state index in [1.54, 1.807) is 11.1 Å². The first kappa shape index (κ1) is 13.1. The van der Waals surface area contributed by atoms with E-state index in [9.17, 15) is 0 Å². The lowest BCUT2D eigenvalue weighted by molar-refractivity contribution is 0.241. The maximum Gasteiger partial charge on any atom is 0.0210 e. The summed E-state index contributed by atoms with van der Waals surface area (Å²) in [7, 11) is 0. The Hall–Kier alpha value is -0.300. The molecule has 0 spiro atoms. The van der Waals surface area contributed by atoms with E-state index in [0.29, 0.717) is 5.41 Å². The van der Waals surface area contributed by atoms with Gasteiger partial charge < -0.3 is 0 Å². The van der Waals surface area contributed by atoms with E-state index in [2.05, 4.69) is 54.9 Å². The molecule has 1 aromatic rings. The van der Waals surface area contributed by atoms with Gasteiger partial charge in [-0.2, -0.15) is 0 Å². The SMILES string of the molecule is CCCC1(C(C)C)CCCc2c(Br)cccc21. The lowest BCUT2D eigenvalue weighted by atomic mass is 9.62. The van der Waals surface area contributed by atoms with Gasteiger partial charge >= 0.3 is 0 Å². The van der Waals surface area contributed by atoms with Gasteiger partial charge in [0.05, 0.1) is 0 Å². The van der Waals surface area contributed by atoms with Crippen molar-refractivity contribution in [1.29, 1.82) is 0 Å². The minimum Gasteiger partial charge on any atom is -0.0654 e. The molecule has 0 saturated heterocycles. The number of hydrogen-bond donors (Lipinski definition) is 0. The first-order valence-corrected chi connectivity index (χ1v) is 7.69. The predicted molar refractivity (Wildman–Crippen MR) is 78.5 cm³/mol. The van der Waals surface area contributed by atoms with E-state index in [1.165, 1.54) is 36.6 Å². The van der Waals surface area contributed by atoms with Crippen LogP contribution >= 0.6 is 15.9 Å². The monoisotopic (exact) mass is 294 g/mol. The van der Waals surface area contributed by atoms with Gasteiger partial charge in [0.2, 0.25) is 0 Å². The summed E-state index contributed by atoms with van der Waals surface area (Å²) in [5, 5.41) is 0. The van der Waals surface area contributed by atoms with Gasteiger partial charge in [-0.25, -0.2) is 0 Å². The summed E-state index contributed by atoms with van der Waals surface area (Å²) in [6, 6.07) is 6.77. The molecule has 0 nitrogen and oxygen atoms in total. The molecule has 1 aromatic carbocycles. The van der Waals surface area contributed by atoms with E-state index in [0.717, 1.165) is 5.92 Å². The van der Waals surface area contributed by atoms with E-state index in [4.69, 9.17) is 0 Å². The average Bonchev–Trinajstić information content (AvgIpc) is 2.30. The quantitative estimate of drug-likeness (QED) is 0.692. The van der Waals surface area contributed by atoms with Crippen LogP contribution < -0.4 is 0 Å². The third kappa shape index (κ3) is 2.19. The van der Waals surface area contributed by atoms with Crippen molar-refractivity contribution in [3.63, 3.8) is 0 Å². The van der Waals surface area contributed by atoms with Crippen LogP contribution in [0.1, 0.15) is 57.6 Å². The Morgan fingerprint density at radius 1 is 1.35 bits per heavy atom. The van der Waals surface area contributed by atoms with Gasteiger partial charge in [-0.15, -0.1) is 0 Å². The Kier molecular flexibility index (Phi) is 3.97. The maximum atomic E-state index is 3.73. The maximum absolute atomic E-state index is 3.73. The summed E-state index contributed by atoms with van der Waals surface area (Å²) in [5.74, 6) is 0.732. The Morgan fingerprint density at radius 2 is 2.12 bits per heavy atom. The van der Waals surface area contributed by atoms with Crippen molar-refractivity contribution in [2.75, 3.05) is 0 Å². The lowest BCUT2D eigenvalue weighted by Gasteiger charge is -2.43. The van der Waals surface area contributed by atoms with Gasteiger partial charge in [0, 0.05) is 4.47 Å². The van der Waals surface area contributed by atoms with Crippen LogP contribution in [0.25, 0.3) is 0 Å². The van der Waals surface area contributed by atoms with Crippen molar-refractivity contribution in [3.05, 3.63) is 33.8 Å². The largest absolute Gasteiger partial charge is 0.0654 e. The fourth-order valence-electron chi connectivity index (χ4n) is 3.59. The number of hydrogen-bond acceptors (Lipinski definition) is 0. The molecule has 17 heavy (non-hydrogen) atoms. The lowest BCUT2D eigenvalue weighted by Crippen LogP contribution is -2.36. The molecular weight excluding hydrogens is 272 g/mol. The van der Waals surface area contributed by atoms with Gasteiger partial charge in [0.1, 0.15) is 0 Å². The van der Waals surface area contributed by atoms with Crippen molar-refractivity contribution in [2.24, 2.45) is 5.92 Å². The minimum atomic E-state index is 0.423. The zero-order valence-electron chi connectivity index (χ0n) is 11.2. The zero-order valence-corrected chi connectivity index (χ0v) is 12.8. The molecule has 0 aliphatic heterocycles. The van der Waals surface area contributed by atoms with Crippen molar-refractivity contribution in [3.8, 4) is 0 Å². The summed E-state index contributed by atoms with van der Waals surface area (Å²) >= 11 is 3.73.